The lowest BCUT2D eigenvalue weighted by Gasteiger charge is -2.09. The second-order valence-electron chi connectivity index (χ2n) is 6.15. The maximum absolute atomic E-state index is 12.4. The Labute approximate surface area is 159 Å². The molecule has 0 fully saturated rings. The number of nitro groups is 1. The number of hydrogen-bond acceptors (Lipinski definition) is 5. The Morgan fingerprint density at radius 3 is 2.44 bits per heavy atom. The predicted molar refractivity (Wildman–Crippen MR) is 107 cm³/mol. The summed E-state index contributed by atoms with van der Waals surface area (Å²) in [4.78, 5) is 14.5. The van der Waals surface area contributed by atoms with E-state index in [2.05, 4.69) is 10.3 Å². The molecule has 0 aliphatic heterocycles. The summed E-state index contributed by atoms with van der Waals surface area (Å²) in [5, 5.41) is 14.0. The minimum absolute atomic E-state index is 0.00870. The molecule has 0 aliphatic rings. The predicted octanol–water partition coefficient (Wildman–Crippen LogP) is 4.49. The fourth-order valence-corrected chi connectivity index (χ4v) is 3.91. The van der Waals surface area contributed by atoms with Gasteiger partial charge in [-0.3, -0.25) is 14.3 Å². The van der Waals surface area contributed by atoms with E-state index in [-0.39, 0.29) is 5.69 Å². The monoisotopic (exact) mass is 381 g/mol. The molecule has 1 unspecified atom stereocenters. The third-order valence-corrected chi connectivity index (χ3v) is 5.29. The first-order chi connectivity index (χ1) is 13.0. The van der Waals surface area contributed by atoms with Crippen LogP contribution >= 0.6 is 0 Å². The molecule has 1 heterocycles. The van der Waals surface area contributed by atoms with Gasteiger partial charge in [0, 0.05) is 33.6 Å². The molecular formula is C20H19N3O3S. The molecule has 0 radical (unpaired) electrons. The lowest BCUT2D eigenvalue weighted by Crippen LogP contribution is -2.01. The van der Waals surface area contributed by atoms with Crippen LogP contribution in [0.2, 0.25) is 0 Å². The van der Waals surface area contributed by atoms with Crippen molar-refractivity contribution in [3.8, 4) is 0 Å². The van der Waals surface area contributed by atoms with Crippen LogP contribution in [0.1, 0.15) is 16.7 Å². The zero-order valence-corrected chi connectivity index (χ0v) is 15.6. The summed E-state index contributed by atoms with van der Waals surface area (Å²) >= 11 is 0. The van der Waals surface area contributed by atoms with Gasteiger partial charge in [0.1, 0.15) is 12.0 Å². The standard InChI is InChI=1S/C20H19N3O3S/c1-15-10-20(21-12-19(15)23(24)25)22-18-9-5-8-17(11-18)14-27(26)13-16-6-3-2-4-7-16/h2-12H,13-14H2,1H3,(H,21,22). The van der Waals surface area contributed by atoms with Crippen LogP contribution in [0.3, 0.4) is 0 Å². The van der Waals surface area contributed by atoms with Crippen LogP contribution in [0.25, 0.3) is 0 Å². The number of aryl methyl sites for hydroxylation is 1. The van der Waals surface area contributed by atoms with Crippen LogP contribution in [-0.4, -0.2) is 14.1 Å². The number of pyridine rings is 1. The van der Waals surface area contributed by atoms with Gasteiger partial charge < -0.3 is 5.32 Å². The van der Waals surface area contributed by atoms with Gasteiger partial charge in [0.2, 0.25) is 0 Å². The molecule has 0 amide bonds. The summed E-state index contributed by atoms with van der Waals surface area (Å²) in [5.41, 5.74) is 3.33. The number of hydrogen-bond donors (Lipinski definition) is 1. The van der Waals surface area contributed by atoms with Crippen molar-refractivity contribution >= 4 is 28.0 Å². The van der Waals surface area contributed by atoms with Gasteiger partial charge in [-0.05, 0) is 36.2 Å². The first-order valence-electron chi connectivity index (χ1n) is 8.37. The number of rotatable bonds is 7. The second-order valence-corrected chi connectivity index (χ2v) is 7.61. The molecule has 27 heavy (non-hydrogen) atoms. The summed E-state index contributed by atoms with van der Waals surface area (Å²) in [6.45, 7) is 1.67. The Kier molecular flexibility index (Phi) is 5.93. The van der Waals surface area contributed by atoms with Crippen molar-refractivity contribution in [1.82, 2.24) is 4.98 Å². The normalized spacial score (nSPS) is 11.7. The topological polar surface area (TPSA) is 85.1 Å². The van der Waals surface area contributed by atoms with Gasteiger partial charge in [0.05, 0.1) is 4.92 Å². The lowest BCUT2D eigenvalue weighted by molar-refractivity contribution is -0.385. The highest BCUT2D eigenvalue weighted by Crippen LogP contribution is 2.22. The highest BCUT2D eigenvalue weighted by Gasteiger charge is 2.11. The Hall–Kier alpha value is -3.06. The fourth-order valence-electron chi connectivity index (χ4n) is 2.69. The highest BCUT2D eigenvalue weighted by molar-refractivity contribution is 7.83. The van der Waals surface area contributed by atoms with E-state index < -0.39 is 15.7 Å². The van der Waals surface area contributed by atoms with Crippen LogP contribution in [0.15, 0.2) is 66.9 Å². The number of aromatic nitrogens is 1. The summed E-state index contributed by atoms with van der Waals surface area (Å²) in [6.07, 6.45) is 1.25. The van der Waals surface area contributed by atoms with Crippen LogP contribution in [0, 0.1) is 17.0 Å². The molecule has 0 spiro atoms. The molecule has 1 atom stereocenters. The number of benzene rings is 2. The molecule has 138 valence electrons. The quantitative estimate of drug-likeness (QED) is 0.481. The zero-order chi connectivity index (χ0) is 19.2. The van der Waals surface area contributed by atoms with Gasteiger partial charge in [-0.25, -0.2) is 4.98 Å². The molecule has 2 aromatic carbocycles. The number of anilines is 2. The van der Waals surface area contributed by atoms with Gasteiger partial charge >= 0.3 is 0 Å². The minimum Gasteiger partial charge on any atom is -0.340 e. The second kappa shape index (κ2) is 8.55. The molecule has 1 N–H and O–H groups in total. The van der Waals surface area contributed by atoms with E-state index in [9.17, 15) is 14.3 Å². The van der Waals surface area contributed by atoms with Crippen LogP contribution < -0.4 is 5.32 Å². The number of nitrogens with zero attached hydrogens (tertiary/aromatic N) is 2. The zero-order valence-electron chi connectivity index (χ0n) is 14.8. The summed E-state index contributed by atoms with van der Waals surface area (Å²) < 4.78 is 12.4. The first-order valence-corrected chi connectivity index (χ1v) is 9.86. The van der Waals surface area contributed by atoms with Crippen LogP contribution in [0.4, 0.5) is 17.2 Å². The van der Waals surface area contributed by atoms with Crippen molar-refractivity contribution in [2.75, 3.05) is 5.32 Å². The van der Waals surface area contributed by atoms with E-state index in [1.807, 2.05) is 54.6 Å². The van der Waals surface area contributed by atoms with Gasteiger partial charge in [-0.15, -0.1) is 0 Å². The lowest BCUT2D eigenvalue weighted by atomic mass is 10.2. The summed E-state index contributed by atoms with van der Waals surface area (Å²) in [5.74, 6) is 1.50. The first kappa shape index (κ1) is 18.7. The molecular weight excluding hydrogens is 362 g/mol. The highest BCUT2D eigenvalue weighted by atomic mass is 32.2. The summed E-state index contributed by atoms with van der Waals surface area (Å²) in [7, 11) is -1.01. The van der Waals surface area contributed by atoms with Gasteiger partial charge in [0.15, 0.2) is 0 Å². The van der Waals surface area contributed by atoms with Crippen LogP contribution in [-0.2, 0) is 22.3 Å². The van der Waals surface area contributed by atoms with E-state index in [1.165, 1.54) is 6.20 Å². The van der Waals surface area contributed by atoms with Gasteiger partial charge in [0.25, 0.3) is 5.69 Å². The third-order valence-electron chi connectivity index (χ3n) is 3.98. The summed E-state index contributed by atoms with van der Waals surface area (Å²) in [6, 6.07) is 19.0. The molecule has 0 saturated carbocycles. The van der Waals surface area contributed by atoms with E-state index in [0.717, 1.165) is 16.8 Å². The largest absolute Gasteiger partial charge is 0.340 e. The molecule has 0 aliphatic carbocycles. The van der Waals surface area contributed by atoms with E-state index >= 15 is 0 Å². The number of nitrogens with one attached hydrogen (secondary N) is 1. The van der Waals surface area contributed by atoms with Crippen molar-refractivity contribution in [3.63, 3.8) is 0 Å². The van der Waals surface area contributed by atoms with Crippen molar-refractivity contribution < 1.29 is 9.13 Å². The average Bonchev–Trinajstić information content (AvgIpc) is 2.62. The fraction of sp³-hybridized carbons (Fsp3) is 0.150. The molecule has 7 heteroatoms. The minimum atomic E-state index is -1.01. The maximum atomic E-state index is 12.4. The molecule has 0 bridgehead atoms. The van der Waals surface area contributed by atoms with Crippen LogP contribution in [0.5, 0.6) is 0 Å². The SMILES string of the molecule is Cc1cc(Nc2cccc(CS(=O)Cc3ccccc3)c2)ncc1[N+](=O)[O-]. The molecule has 1 aromatic heterocycles. The van der Waals surface area contributed by atoms with Crippen molar-refractivity contribution in [2.24, 2.45) is 0 Å². The smallest absolute Gasteiger partial charge is 0.290 e. The maximum Gasteiger partial charge on any atom is 0.290 e. The molecule has 6 nitrogen and oxygen atoms in total. The molecule has 0 saturated heterocycles. The van der Waals surface area contributed by atoms with E-state index in [0.29, 0.717) is 22.9 Å². The third kappa shape index (κ3) is 5.21. The Morgan fingerprint density at radius 2 is 1.74 bits per heavy atom. The van der Waals surface area contributed by atoms with Gasteiger partial charge in [-0.1, -0.05) is 42.5 Å². The Balaban J connectivity index is 1.67. The van der Waals surface area contributed by atoms with Crippen molar-refractivity contribution in [3.05, 3.63) is 93.7 Å². The van der Waals surface area contributed by atoms with Gasteiger partial charge in [-0.2, -0.15) is 0 Å². The average molecular weight is 381 g/mol. The Morgan fingerprint density at radius 1 is 1.04 bits per heavy atom. The van der Waals surface area contributed by atoms with E-state index in [1.54, 1.807) is 13.0 Å². The van der Waals surface area contributed by atoms with E-state index in [4.69, 9.17) is 0 Å². The Bertz CT molecular complexity index is 977. The molecule has 3 rings (SSSR count). The van der Waals surface area contributed by atoms with Crippen molar-refractivity contribution in [1.29, 1.82) is 0 Å². The molecule has 3 aromatic rings. The van der Waals surface area contributed by atoms with Crippen molar-refractivity contribution in [2.45, 2.75) is 18.4 Å².